The number of hydrogen-bond acceptors (Lipinski definition) is 3. The third-order valence-corrected chi connectivity index (χ3v) is 2.84. The van der Waals surface area contributed by atoms with Crippen LogP contribution < -0.4 is 0 Å². The number of nitriles is 1. The second kappa shape index (κ2) is 6.91. The summed E-state index contributed by atoms with van der Waals surface area (Å²) in [6.07, 6.45) is 3.34. The Bertz CT molecular complexity index is 669. The molecule has 0 heterocycles. The molecule has 0 saturated heterocycles. The highest BCUT2D eigenvalue weighted by Gasteiger charge is 1.99. The molecule has 0 atom stereocenters. The van der Waals surface area contributed by atoms with Crippen molar-refractivity contribution in [2.24, 2.45) is 5.16 Å². The van der Waals surface area contributed by atoms with E-state index in [9.17, 15) is 0 Å². The fraction of sp³-hybridized carbons (Fsp3) is 0.0588. The topological polar surface area (TPSA) is 45.4 Å². The molecule has 0 aliphatic carbocycles. The van der Waals surface area contributed by atoms with Crippen LogP contribution in [0.3, 0.4) is 0 Å². The van der Waals surface area contributed by atoms with Crippen LogP contribution in [0.2, 0.25) is 0 Å². The molecular weight excluding hydrogens is 248 g/mol. The second-order valence-corrected chi connectivity index (χ2v) is 4.11. The van der Waals surface area contributed by atoms with Crippen molar-refractivity contribution in [3.63, 3.8) is 0 Å². The molecule has 2 rings (SSSR count). The SMILES string of the molecule is C=Cc1ccccc1CON=Cc1ccccc1C#N. The monoisotopic (exact) mass is 262 g/mol. The summed E-state index contributed by atoms with van der Waals surface area (Å²) in [5.41, 5.74) is 3.37. The normalized spacial score (nSPS) is 10.2. The van der Waals surface area contributed by atoms with Crippen molar-refractivity contribution in [1.82, 2.24) is 0 Å². The predicted molar refractivity (Wildman–Crippen MR) is 80.1 cm³/mol. The first-order valence-corrected chi connectivity index (χ1v) is 6.20. The number of rotatable bonds is 5. The van der Waals surface area contributed by atoms with E-state index in [4.69, 9.17) is 10.1 Å². The van der Waals surface area contributed by atoms with Crippen LogP contribution in [0, 0.1) is 11.3 Å². The maximum Gasteiger partial charge on any atom is 0.142 e. The van der Waals surface area contributed by atoms with E-state index >= 15 is 0 Å². The highest BCUT2D eigenvalue weighted by atomic mass is 16.6. The Balaban J connectivity index is 2.01. The molecule has 0 bridgehead atoms. The molecule has 0 unspecified atom stereocenters. The van der Waals surface area contributed by atoms with Crippen molar-refractivity contribution < 1.29 is 4.84 Å². The van der Waals surface area contributed by atoms with E-state index in [1.165, 1.54) is 0 Å². The summed E-state index contributed by atoms with van der Waals surface area (Å²) in [5.74, 6) is 0. The van der Waals surface area contributed by atoms with Crippen molar-refractivity contribution in [1.29, 1.82) is 5.26 Å². The lowest BCUT2D eigenvalue weighted by molar-refractivity contribution is 0.132. The van der Waals surface area contributed by atoms with Gasteiger partial charge >= 0.3 is 0 Å². The van der Waals surface area contributed by atoms with E-state index in [0.29, 0.717) is 12.2 Å². The lowest BCUT2D eigenvalue weighted by Gasteiger charge is -2.04. The predicted octanol–water partition coefficient (Wildman–Crippen LogP) is 3.75. The van der Waals surface area contributed by atoms with Crippen LogP contribution in [0.15, 0.2) is 60.3 Å². The largest absolute Gasteiger partial charge is 0.391 e. The maximum absolute atomic E-state index is 8.96. The van der Waals surface area contributed by atoms with Gasteiger partial charge in [0.2, 0.25) is 0 Å². The number of benzene rings is 2. The zero-order valence-corrected chi connectivity index (χ0v) is 11.0. The summed E-state index contributed by atoms with van der Waals surface area (Å²) in [4.78, 5) is 5.28. The summed E-state index contributed by atoms with van der Waals surface area (Å²) < 4.78 is 0. The van der Waals surface area contributed by atoms with Gasteiger partial charge in [-0.05, 0) is 17.2 Å². The zero-order chi connectivity index (χ0) is 14.2. The third kappa shape index (κ3) is 3.33. The Morgan fingerprint density at radius 3 is 2.55 bits per heavy atom. The van der Waals surface area contributed by atoms with Crippen molar-refractivity contribution in [2.75, 3.05) is 0 Å². The van der Waals surface area contributed by atoms with Crippen LogP contribution in [0.25, 0.3) is 6.08 Å². The molecule has 0 aliphatic heterocycles. The molecule has 3 nitrogen and oxygen atoms in total. The minimum absolute atomic E-state index is 0.368. The van der Waals surface area contributed by atoms with Gasteiger partial charge in [-0.3, -0.25) is 0 Å². The Kier molecular flexibility index (Phi) is 4.69. The average Bonchev–Trinajstić information content (AvgIpc) is 2.52. The van der Waals surface area contributed by atoms with Crippen molar-refractivity contribution in [3.05, 3.63) is 77.4 Å². The van der Waals surface area contributed by atoms with Crippen molar-refractivity contribution in [2.45, 2.75) is 6.61 Å². The molecule has 0 amide bonds. The van der Waals surface area contributed by atoms with Crippen molar-refractivity contribution in [3.8, 4) is 6.07 Å². The van der Waals surface area contributed by atoms with Gasteiger partial charge in [-0.15, -0.1) is 0 Å². The number of oxime groups is 1. The van der Waals surface area contributed by atoms with Crippen LogP contribution in [0.5, 0.6) is 0 Å². The molecule has 3 heteroatoms. The van der Waals surface area contributed by atoms with Crippen LogP contribution in [0.1, 0.15) is 22.3 Å². The molecule has 2 aromatic rings. The van der Waals surface area contributed by atoms with E-state index in [0.717, 1.165) is 16.7 Å². The van der Waals surface area contributed by atoms with Crippen LogP contribution in [0.4, 0.5) is 0 Å². The quantitative estimate of drug-likeness (QED) is 0.608. The molecule has 0 fully saturated rings. The Morgan fingerprint density at radius 1 is 1.10 bits per heavy atom. The van der Waals surface area contributed by atoms with Gasteiger partial charge in [0.25, 0.3) is 0 Å². The van der Waals surface area contributed by atoms with Crippen molar-refractivity contribution >= 4 is 12.3 Å². The second-order valence-electron chi connectivity index (χ2n) is 4.11. The highest BCUT2D eigenvalue weighted by Crippen LogP contribution is 2.11. The van der Waals surface area contributed by atoms with E-state index in [1.807, 2.05) is 42.5 Å². The minimum atomic E-state index is 0.368. The van der Waals surface area contributed by atoms with E-state index in [2.05, 4.69) is 17.8 Å². The molecule has 2 aromatic carbocycles. The highest BCUT2D eigenvalue weighted by molar-refractivity contribution is 5.82. The van der Waals surface area contributed by atoms with Gasteiger partial charge in [0.05, 0.1) is 17.8 Å². The first-order chi connectivity index (χ1) is 9.85. The van der Waals surface area contributed by atoms with Gasteiger partial charge in [0, 0.05) is 5.56 Å². The molecule has 98 valence electrons. The van der Waals surface area contributed by atoms with Gasteiger partial charge < -0.3 is 4.84 Å². The molecule has 0 aromatic heterocycles. The third-order valence-electron chi connectivity index (χ3n) is 2.84. The first-order valence-electron chi connectivity index (χ1n) is 6.20. The van der Waals surface area contributed by atoms with Crippen LogP contribution in [-0.2, 0) is 11.4 Å². The average molecular weight is 262 g/mol. The molecule has 0 aliphatic rings. The maximum atomic E-state index is 8.96. The molecule has 0 radical (unpaired) electrons. The summed E-state index contributed by atoms with van der Waals surface area (Å²) in [5, 5.41) is 12.9. The molecule has 0 N–H and O–H groups in total. The molecule has 0 saturated carbocycles. The molecule has 0 spiro atoms. The number of hydrogen-bond donors (Lipinski definition) is 0. The fourth-order valence-corrected chi connectivity index (χ4v) is 1.78. The lowest BCUT2D eigenvalue weighted by atomic mass is 10.1. The Labute approximate surface area is 118 Å². The van der Waals surface area contributed by atoms with Crippen LogP contribution in [-0.4, -0.2) is 6.21 Å². The molecular formula is C17H14N2O. The van der Waals surface area contributed by atoms with Gasteiger partial charge in [0.15, 0.2) is 0 Å². The Morgan fingerprint density at radius 2 is 1.80 bits per heavy atom. The lowest BCUT2D eigenvalue weighted by Crippen LogP contribution is -1.92. The van der Waals surface area contributed by atoms with E-state index < -0.39 is 0 Å². The van der Waals surface area contributed by atoms with E-state index in [1.54, 1.807) is 18.4 Å². The molecule has 20 heavy (non-hydrogen) atoms. The fourth-order valence-electron chi connectivity index (χ4n) is 1.78. The Hall–Kier alpha value is -2.86. The zero-order valence-electron chi connectivity index (χ0n) is 11.0. The van der Waals surface area contributed by atoms with E-state index in [-0.39, 0.29) is 0 Å². The number of nitrogens with zero attached hydrogens (tertiary/aromatic N) is 2. The van der Waals surface area contributed by atoms with Gasteiger partial charge in [-0.2, -0.15) is 5.26 Å². The summed E-state index contributed by atoms with van der Waals surface area (Å²) in [7, 11) is 0. The first kappa shape index (κ1) is 13.6. The van der Waals surface area contributed by atoms with Gasteiger partial charge in [0.1, 0.15) is 6.61 Å². The smallest absolute Gasteiger partial charge is 0.142 e. The minimum Gasteiger partial charge on any atom is -0.391 e. The van der Waals surface area contributed by atoms with Gasteiger partial charge in [-0.1, -0.05) is 60.3 Å². The summed E-state index contributed by atoms with van der Waals surface area (Å²) in [6, 6.07) is 17.2. The van der Waals surface area contributed by atoms with Crippen LogP contribution >= 0.6 is 0 Å². The summed E-state index contributed by atoms with van der Waals surface area (Å²) in [6.45, 7) is 4.13. The summed E-state index contributed by atoms with van der Waals surface area (Å²) >= 11 is 0. The van der Waals surface area contributed by atoms with Gasteiger partial charge in [-0.25, -0.2) is 0 Å². The standard InChI is InChI=1S/C17H14N2O/c1-2-14-7-3-6-10-17(14)13-20-19-12-16-9-5-4-8-15(16)11-18/h2-10,12H,1,13H2.